The van der Waals surface area contributed by atoms with Crippen molar-refractivity contribution < 1.29 is 23.3 Å². The Morgan fingerprint density at radius 2 is 1.76 bits per heavy atom. The van der Waals surface area contributed by atoms with E-state index in [-0.39, 0.29) is 23.3 Å². The molecule has 2 rings (SSSR count). The smallest absolute Gasteiger partial charge is 0.329 e. The predicted octanol–water partition coefficient (Wildman–Crippen LogP) is 0.593. The number of esters is 1. The van der Waals surface area contributed by atoms with Crippen LogP contribution in [0.2, 0.25) is 0 Å². The molecule has 0 aromatic heterocycles. The minimum Gasteiger partial charge on any atom is -0.467 e. The molecule has 0 N–H and O–H groups in total. The van der Waals surface area contributed by atoms with Crippen molar-refractivity contribution >= 4 is 28.6 Å². The normalized spacial score (nSPS) is 16.6. The van der Waals surface area contributed by atoms with E-state index >= 15 is 0 Å². The molecule has 1 unspecified atom stereocenters. The standard InChI is InChI=1S/C14H15NO5S/c1-20-14(18)11(7-8-21(2)19)15-12(16)9-5-3-4-6-10(9)13(15)17/h3-6,11H,7-8H2,1-2H3/t11-,21?/m0/s1. The second-order valence-electron chi connectivity index (χ2n) is 4.63. The Labute approximate surface area is 124 Å². The number of fused-ring (bicyclic) bond motifs is 1. The summed E-state index contributed by atoms with van der Waals surface area (Å²) in [7, 11) is 0.0563. The van der Waals surface area contributed by atoms with Gasteiger partial charge in [0, 0.05) is 22.8 Å². The van der Waals surface area contributed by atoms with Crippen LogP contribution in [-0.4, -0.2) is 52.1 Å². The van der Waals surface area contributed by atoms with E-state index in [0.717, 1.165) is 4.90 Å². The molecular weight excluding hydrogens is 294 g/mol. The lowest BCUT2D eigenvalue weighted by Gasteiger charge is -2.23. The molecule has 112 valence electrons. The van der Waals surface area contributed by atoms with Crippen LogP contribution in [0.1, 0.15) is 27.1 Å². The molecule has 0 spiro atoms. The molecule has 0 saturated carbocycles. The van der Waals surface area contributed by atoms with Crippen LogP contribution < -0.4 is 0 Å². The van der Waals surface area contributed by atoms with Gasteiger partial charge in [-0.05, 0) is 18.6 Å². The number of rotatable bonds is 5. The van der Waals surface area contributed by atoms with Gasteiger partial charge < -0.3 is 4.74 Å². The first kappa shape index (κ1) is 15.4. The van der Waals surface area contributed by atoms with E-state index in [9.17, 15) is 18.6 Å². The maximum atomic E-state index is 12.3. The molecule has 1 aromatic carbocycles. The molecule has 0 radical (unpaired) electrons. The van der Waals surface area contributed by atoms with Crippen molar-refractivity contribution in [3.8, 4) is 0 Å². The fourth-order valence-corrected chi connectivity index (χ4v) is 2.81. The van der Waals surface area contributed by atoms with E-state index in [1.165, 1.54) is 13.4 Å². The lowest BCUT2D eigenvalue weighted by molar-refractivity contribution is -0.145. The van der Waals surface area contributed by atoms with Gasteiger partial charge in [0.2, 0.25) is 0 Å². The zero-order valence-corrected chi connectivity index (χ0v) is 12.5. The van der Waals surface area contributed by atoms with Gasteiger partial charge in [-0.1, -0.05) is 12.1 Å². The molecule has 21 heavy (non-hydrogen) atoms. The highest BCUT2D eigenvalue weighted by Crippen LogP contribution is 2.26. The summed E-state index contributed by atoms with van der Waals surface area (Å²) in [5.74, 6) is -1.52. The number of benzene rings is 1. The SMILES string of the molecule is COC(=O)[C@H](CCS(C)=O)N1C(=O)c2ccccc2C1=O. The molecule has 0 aliphatic carbocycles. The Hall–Kier alpha value is -2.02. The van der Waals surface area contributed by atoms with Gasteiger partial charge in [-0.2, -0.15) is 0 Å². The summed E-state index contributed by atoms with van der Waals surface area (Å²) in [6.45, 7) is 0. The Morgan fingerprint density at radius 1 is 1.24 bits per heavy atom. The molecule has 1 aliphatic heterocycles. The molecule has 7 heteroatoms. The van der Waals surface area contributed by atoms with Crippen LogP contribution in [0, 0.1) is 0 Å². The van der Waals surface area contributed by atoms with Gasteiger partial charge in [-0.15, -0.1) is 0 Å². The number of nitrogens with zero attached hydrogens (tertiary/aromatic N) is 1. The molecule has 0 fully saturated rings. The number of hydrogen-bond acceptors (Lipinski definition) is 5. The lowest BCUT2D eigenvalue weighted by atomic mass is 10.1. The lowest BCUT2D eigenvalue weighted by Crippen LogP contribution is -2.46. The van der Waals surface area contributed by atoms with E-state index < -0.39 is 34.6 Å². The van der Waals surface area contributed by atoms with Crippen LogP contribution in [0.15, 0.2) is 24.3 Å². The number of ether oxygens (including phenoxy) is 1. The fraction of sp³-hybridized carbons (Fsp3) is 0.357. The van der Waals surface area contributed by atoms with Gasteiger partial charge in [0.1, 0.15) is 6.04 Å². The number of hydrogen-bond donors (Lipinski definition) is 0. The monoisotopic (exact) mass is 309 g/mol. The van der Waals surface area contributed by atoms with E-state index in [0.29, 0.717) is 0 Å². The molecular formula is C14H15NO5S. The summed E-state index contributed by atoms with van der Waals surface area (Å²) in [5.41, 5.74) is 0.544. The highest BCUT2D eigenvalue weighted by atomic mass is 32.2. The first-order valence-electron chi connectivity index (χ1n) is 6.32. The summed E-state index contributed by atoms with van der Waals surface area (Å²) >= 11 is 0. The van der Waals surface area contributed by atoms with Gasteiger partial charge in [-0.3, -0.25) is 18.7 Å². The molecule has 0 bridgehead atoms. The number of imide groups is 1. The van der Waals surface area contributed by atoms with Crippen molar-refractivity contribution in [1.29, 1.82) is 0 Å². The maximum absolute atomic E-state index is 12.3. The average Bonchev–Trinajstić information content (AvgIpc) is 2.72. The molecule has 2 atom stereocenters. The second-order valence-corrected chi connectivity index (χ2v) is 6.19. The van der Waals surface area contributed by atoms with Crippen molar-refractivity contribution in [2.45, 2.75) is 12.5 Å². The summed E-state index contributed by atoms with van der Waals surface area (Å²) in [5, 5.41) is 0. The Bertz CT molecular complexity index is 593. The molecule has 1 aliphatic rings. The predicted molar refractivity (Wildman–Crippen MR) is 76.3 cm³/mol. The van der Waals surface area contributed by atoms with Gasteiger partial charge in [0.25, 0.3) is 11.8 Å². The zero-order valence-electron chi connectivity index (χ0n) is 11.7. The van der Waals surface area contributed by atoms with Crippen molar-refractivity contribution in [1.82, 2.24) is 4.90 Å². The van der Waals surface area contributed by atoms with Crippen LogP contribution in [0.4, 0.5) is 0 Å². The van der Waals surface area contributed by atoms with Crippen molar-refractivity contribution in [2.75, 3.05) is 19.1 Å². The maximum Gasteiger partial charge on any atom is 0.329 e. The minimum absolute atomic E-state index is 0.112. The highest BCUT2D eigenvalue weighted by Gasteiger charge is 2.42. The van der Waals surface area contributed by atoms with E-state index in [2.05, 4.69) is 4.74 Å². The third kappa shape index (κ3) is 2.87. The number of carbonyl (C=O) groups is 3. The van der Waals surface area contributed by atoms with Gasteiger partial charge in [0.05, 0.1) is 18.2 Å². The first-order valence-corrected chi connectivity index (χ1v) is 8.05. The van der Waals surface area contributed by atoms with Crippen LogP contribution >= 0.6 is 0 Å². The van der Waals surface area contributed by atoms with Crippen molar-refractivity contribution in [2.24, 2.45) is 0 Å². The third-order valence-electron chi connectivity index (χ3n) is 3.29. The van der Waals surface area contributed by atoms with Crippen LogP contribution in [-0.2, 0) is 20.3 Å². The van der Waals surface area contributed by atoms with Gasteiger partial charge in [0.15, 0.2) is 0 Å². The summed E-state index contributed by atoms with van der Waals surface area (Å²) in [4.78, 5) is 37.5. The van der Waals surface area contributed by atoms with Crippen molar-refractivity contribution in [3.05, 3.63) is 35.4 Å². The van der Waals surface area contributed by atoms with E-state index in [4.69, 9.17) is 0 Å². The minimum atomic E-state index is -1.13. The topological polar surface area (TPSA) is 80.8 Å². The summed E-state index contributed by atoms with van der Waals surface area (Å²) < 4.78 is 15.9. The fourth-order valence-electron chi connectivity index (χ4n) is 2.26. The Balaban J connectivity index is 2.33. The molecule has 1 aromatic rings. The molecule has 2 amide bonds. The van der Waals surface area contributed by atoms with Crippen LogP contribution in [0.25, 0.3) is 0 Å². The van der Waals surface area contributed by atoms with Crippen LogP contribution in [0.3, 0.4) is 0 Å². The molecule has 1 heterocycles. The van der Waals surface area contributed by atoms with E-state index in [1.54, 1.807) is 24.3 Å². The molecule has 0 saturated heterocycles. The Morgan fingerprint density at radius 3 is 2.19 bits per heavy atom. The van der Waals surface area contributed by atoms with Crippen molar-refractivity contribution in [3.63, 3.8) is 0 Å². The van der Waals surface area contributed by atoms with Crippen LogP contribution in [0.5, 0.6) is 0 Å². The largest absolute Gasteiger partial charge is 0.467 e. The number of carbonyl (C=O) groups excluding carboxylic acids is 3. The second kappa shape index (κ2) is 6.17. The quantitative estimate of drug-likeness (QED) is 0.587. The molecule has 6 nitrogen and oxygen atoms in total. The third-order valence-corrected chi connectivity index (χ3v) is 4.10. The number of methoxy groups -OCH3 is 1. The highest BCUT2D eigenvalue weighted by molar-refractivity contribution is 7.84. The summed E-state index contributed by atoms with van der Waals surface area (Å²) in [6.07, 6.45) is 1.61. The number of amides is 2. The van der Waals surface area contributed by atoms with Gasteiger partial charge in [-0.25, -0.2) is 4.79 Å². The van der Waals surface area contributed by atoms with Gasteiger partial charge >= 0.3 is 5.97 Å². The zero-order chi connectivity index (χ0) is 15.6. The Kier molecular flexibility index (Phi) is 4.52. The average molecular weight is 309 g/mol. The first-order chi connectivity index (χ1) is 9.97. The summed E-state index contributed by atoms with van der Waals surface area (Å²) in [6, 6.07) is 5.35. The van der Waals surface area contributed by atoms with E-state index in [1.807, 2.05) is 0 Å².